The van der Waals surface area contributed by atoms with Crippen molar-refractivity contribution < 1.29 is 0 Å². The lowest BCUT2D eigenvalue weighted by molar-refractivity contribution is 0.774. The highest BCUT2D eigenvalue weighted by Crippen LogP contribution is 2.39. The van der Waals surface area contributed by atoms with E-state index < -0.39 is 0 Å². The molecule has 1 heterocycles. The van der Waals surface area contributed by atoms with Crippen molar-refractivity contribution in [3.8, 4) is 0 Å². The first kappa shape index (κ1) is 8.54. The van der Waals surface area contributed by atoms with E-state index in [1.165, 1.54) is 33.8 Å². The van der Waals surface area contributed by atoms with Crippen molar-refractivity contribution in [2.45, 2.75) is 25.8 Å². The fourth-order valence-electron chi connectivity index (χ4n) is 2.13. The molecule has 1 aliphatic carbocycles. The van der Waals surface area contributed by atoms with Crippen LogP contribution in [0.5, 0.6) is 0 Å². The molecule has 0 N–H and O–H groups in total. The molecule has 1 aromatic carbocycles. The van der Waals surface area contributed by atoms with Crippen molar-refractivity contribution in [3.63, 3.8) is 0 Å². The SMILES string of the molecule is Cc1cc(Br)cc2ccn(C3CC3)c12. The van der Waals surface area contributed by atoms with Crippen LogP contribution in [0, 0.1) is 6.92 Å². The molecule has 3 rings (SSSR count). The summed E-state index contributed by atoms with van der Waals surface area (Å²) in [4.78, 5) is 0. The minimum atomic E-state index is 0.771. The number of fused-ring (bicyclic) bond motifs is 1. The normalized spacial score (nSPS) is 16.4. The van der Waals surface area contributed by atoms with Gasteiger partial charge in [0.15, 0.2) is 0 Å². The maximum absolute atomic E-state index is 3.54. The molecule has 1 fully saturated rings. The highest BCUT2D eigenvalue weighted by Gasteiger charge is 2.24. The van der Waals surface area contributed by atoms with Crippen molar-refractivity contribution in [2.75, 3.05) is 0 Å². The summed E-state index contributed by atoms with van der Waals surface area (Å²) in [5.74, 6) is 0. The summed E-state index contributed by atoms with van der Waals surface area (Å²) in [6.07, 6.45) is 4.92. The number of halogens is 1. The molecule has 14 heavy (non-hydrogen) atoms. The lowest BCUT2D eigenvalue weighted by atomic mass is 10.2. The van der Waals surface area contributed by atoms with Gasteiger partial charge in [-0.1, -0.05) is 15.9 Å². The molecule has 0 unspecified atom stereocenters. The molecule has 0 radical (unpaired) electrons. The van der Waals surface area contributed by atoms with Crippen LogP contribution in [0.1, 0.15) is 24.4 Å². The molecule has 1 nitrogen and oxygen atoms in total. The average Bonchev–Trinajstić information content (AvgIpc) is 2.87. The summed E-state index contributed by atoms with van der Waals surface area (Å²) >= 11 is 3.54. The van der Waals surface area contributed by atoms with E-state index in [2.05, 4.69) is 51.8 Å². The topological polar surface area (TPSA) is 4.93 Å². The smallest absolute Gasteiger partial charge is 0.0513 e. The second-order valence-corrected chi connectivity index (χ2v) is 5.03. The minimum absolute atomic E-state index is 0.771. The predicted molar refractivity (Wildman–Crippen MR) is 62.6 cm³/mol. The zero-order valence-electron chi connectivity index (χ0n) is 8.13. The Morgan fingerprint density at radius 2 is 2.14 bits per heavy atom. The van der Waals surface area contributed by atoms with Gasteiger partial charge < -0.3 is 4.57 Å². The summed E-state index contributed by atoms with van der Waals surface area (Å²) in [7, 11) is 0. The van der Waals surface area contributed by atoms with E-state index >= 15 is 0 Å². The predicted octanol–water partition coefficient (Wildman–Crippen LogP) is 4.05. The summed E-state index contributed by atoms with van der Waals surface area (Å²) in [6.45, 7) is 2.19. The first-order valence-electron chi connectivity index (χ1n) is 5.02. The summed E-state index contributed by atoms with van der Waals surface area (Å²) in [6, 6.07) is 7.38. The summed E-state index contributed by atoms with van der Waals surface area (Å²) in [5, 5.41) is 1.35. The zero-order chi connectivity index (χ0) is 9.71. The van der Waals surface area contributed by atoms with Gasteiger partial charge in [0, 0.05) is 22.1 Å². The maximum Gasteiger partial charge on any atom is 0.0513 e. The number of hydrogen-bond acceptors (Lipinski definition) is 0. The van der Waals surface area contributed by atoms with Gasteiger partial charge in [-0.3, -0.25) is 0 Å². The van der Waals surface area contributed by atoms with Crippen molar-refractivity contribution in [1.29, 1.82) is 0 Å². The van der Waals surface area contributed by atoms with E-state index in [4.69, 9.17) is 0 Å². The van der Waals surface area contributed by atoms with Crippen LogP contribution in [0.2, 0.25) is 0 Å². The lowest BCUT2D eigenvalue weighted by Gasteiger charge is -2.05. The Hall–Kier alpha value is -0.760. The van der Waals surface area contributed by atoms with Crippen molar-refractivity contribution in [2.24, 2.45) is 0 Å². The van der Waals surface area contributed by atoms with Crippen LogP contribution >= 0.6 is 15.9 Å². The zero-order valence-corrected chi connectivity index (χ0v) is 9.71. The standard InChI is InChI=1S/C12H12BrN/c1-8-6-10(13)7-9-4-5-14(12(8)9)11-2-3-11/h4-7,11H,2-3H2,1H3. The molecule has 0 aliphatic heterocycles. The van der Waals surface area contributed by atoms with Gasteiger partial charge in [0.2, 0.25) is 0 Å². The van der Waals surface area contributed by atoms with Crippen LogP contribution in [0.25, 0.3) is 10.9 Å². The van der Waals surface area contributed by atoms with E-state index in [0.717, 1.165) is 6.04 Å². The average molecular weight is 250 g/mol. The monoisotopic (exact) mass is 249 g/mol. The fraction of sp³-hybridized carbons (Fsp3) is 0.333. The van der Waals surface area contributed by atoms with Crippen molar-refractivity contribution in [1.82, 2.24) is 4.57 Å². The van der Waals surface area contributed by atoms with Crippen molar-refractivity contribution >= 4 is 26.8 Å². The number of aryl methyl sites for hydroxylation is 1. The van der Waals surface area contributed by atoms with E-state index in [0.29, 0.717) is 0 Å². The van der Waals surface area contributed by atoms with Crippen LogP contribution in [-0.4, -0.2) is 4.57 Å². The molecule has 1 aliphatic rings. The van der Waals surface area contributed by atoms with Crippen LogP contribution in [0.4, 0.5) is 0 Å². The van der Waals surface area contributed by atoms with Crippen molar-refractivity contribution in [3.05, 3.63) is 34.4 Å². The Labute approximate surface area is 91.9 Å². The second kappa shape index (κ2) is 2.86. The molecule has 0 spiro atoms. The first-order chi connectivity index (χ1) is 6.75. The Morgan fingerprint density at radius 1 is 1.36 bits per heavy atom. The van der Waals surface area contributed by atoms with Gasteiger partial charge in [-0.2, -0.15) is 0 Å². The van der Waals surface area contributed by atoms with Gasteiger partial charge in [-0.25, -0.2) is 0 Å². The molecular formula is C12H12BrN. The molecule has 0 amide bonds. The number of rotatable bonds is 1. The van der Waals surface area contributed by atoms with E-state index in [9.17, 15) is 0 Å². The lowest BCUT2D eigenvalue weighted by Crippen LogP contribution is -1.92. The van der Waals surface area contributed by atoms with E-state index in [1.54, 1.807) is 0 Å². The van der Waals surface area contributed by atoms with Gasteiger partial charge >= 0.3 is 0 Å². The number of hydrogen-bond donors (Lipinski definition) is 0. The highest BCUT2D eigenvalue weighted by atomic mass is 79.9. The Balaban J connectivity index is 2.33. The quantitative estimate of drug-likeness (QED) is 0.719. The van der Waals surface area contributed by atoms with Gasteiger partial charge in [-0.15, -0.1) is 0 Å². The molecule has 2 heteroatoms. The third-order valence-corrected chi connectivity index (χ3v) is 3.37. The van der Waals surface area contributed by atoms with Gasteiger partial charge in [0.25, 0.3) is 0 Å². The molecule has 0 atom stereocenters. The second-order valence-electron chi connectivity index (χ2n) is 4.11. The Kier molecular flexibility index (Phi) is 1.75. The Morgan fingerprint density at radius 3 is 2.86 bits per heavy atom. The number of aromatic nitrogens is 1. The third-order valence-electron chi connectivity index (χ3n) is 2.91. The molecule has 1 saturated carbocycles. The number of benzene rings is 1. The number of nitrogens with zero attached hydrogens (tertiary/aromatic N) is 1. The van der Waals surface area contributed by atoms with E-state index in [1.807, 2.05) is 0 Å². The summed E-state index contributed by atoms with van der Waals surface area (Å²) in [5.41, 5.74) is 2.78. The summed E-state index contributed by atoms with van der Waals surface area (Å²) < 4.78 is 3.60. The first-order valence-corrected chi connectivity index (χ1v) is 5.82. The minimum Gasteiger partial charge on any atom is -0.344 e. The van der Waals surface area contributed by atoms with Gasteiger partial charge in [0.1, 0.15) is 0 Å². The van der Waals surface area contributed by atoms with Crippen LogP contribution < -0.4 is 0 Å². The molecule has 2 aromatic rings. The Bertz CT molecular complexity index is 494. The van der Waals surface area contributed by atoms with Gasteiger partial charge in [0.05, 0.1) is 5.52 Å². The molecule has 0 bridgehead atoms. The van der Waals surface area contributed by atoms with E-state index in [-0.39, 0.29) is 0 Å². The molecule has 0 saturated heterocycles. The third kappa shape index (κ3) is 1.21. The van der Waals surface area contributed by atoms with Crippen LogP contribution in [-0.2, 0) is 0 Å². The highest BCUT2D eigenvalue weighted by molar-refractivity contribution is 9.10. The molecular weight excluding hydrogens is 238 g/mol. The fourth-order valence-corrected chi connectivity index (χ4v) is 2.72. The van der Waals surface area contributed by atoms with Crippen LogP contribution in [0.3, 0.4) is 0 Å². The molecule has 72 valence electrons. The molecule has 1 aromatic heterocycles. The largest absolute Gasteiger partial charge is 0.344 e. The van der Waals surface area contributed by atoms with Gasteiger partial charge in [-0.05, 0) is 43.5 Å². The van der Waals surface area contributed by atoms with Crippen LogP contribution in [0.15, 0.2) is 28.9 Å². The maximum atomic E-state index is 3.54.